The van der Waals surface area contributed by atoms with Crippen LogP contribution < -0.4 is 4.57 Å². The fourth-order valence-corrected chi connectivity index (χ4v) is 2.11. The first kappa shape index (κ1) is 13.8. The van der Waals surface area contributed by atoms with Crippen LogP contribution in [0.5, 0.6) is 0 Å². The van der Waals surface area contributed by atoms with Crippen LogP contribution in [0.2, 0.25) is 0 Å². The van der Waals surface area contributed by atoms with Gasteiger partial charge in [0.25, 0.3) is 6.33 Å². The van der Waals surface area contributed by atoms with Gasteiger partial charge in [-0.3, -0.25) is 0 Å². The monoisotopic (exact) mass is 294 g/mol. The number of hydrogen-bond donors (Lipinski definition) is 0. The first-order valence-electron chi connectivity index (χ1n) is 6.98. The quantitative estimate of drug-likeness (QED) is 0.785. The van der Waals surface area contributed by atoms with E-state index in [-0.39, 0.29) is 0 Å². The Labute approximate surface area is 128 Å². The Morgan fingerprint density at radius 2 is 2.23 bits per heavy atom. The van der Waals surface area contributed by atoms with Crippen molar-refractivity contribution in [1.82, 2.24) is 9.78 Å². The van der Waals surface area contributed by atoms with Gasteiger partial charge in [-0.25, -0.2) is 4.57 Å². The first-order chi connectivity index (χ1) is 10.7. The number of hydrogen-bond acceptors (Lipinski definition) is 3. The number of benzene rings is 1. The average Bonchev–Trinajstić information content (AvgIpc) is 3.23. The Morgan fingerprint density at radius 3 is 2.86 bits per heavy atom. The van der Waals surface area contributed by atoms with Crippen LogP contribution in [0.25, 0.3) is 5.69 Å². The van der Waals surface area contributed by atoms with Crippen LogP contribution in [0, 0.1) is 11.3 Å². The molecule has 0 saturated carbocycles. The Hall–Kier alpha value is -3.14. The van der Waals surface area contributed by atoms with E-state index in [1.165, 1.54) is 0 Å². The minimum absolute atomic E-state index is 0.563. The number of aromatic nitrogens is 3. The van der Waals surface area contributed by atoms with Gasteiger partial charge in [-0.2, -0.15) is 5.26 Å². The molecule has 0 unspecified atom stereocenters. The zero-order valence-corrected chi connectivity index (χ0v) is 12.5. The van der Waals surface area contributed by atoms with Crippen molar-refractivity contribution in [2.24, 2.45) is 5.10 Å². The number of rotatable bonds is 3. The molecule has 3 rings (SSSR count). The zero-order valence-electron chi connectivity index (χ0n) is 12.5. The lowest BCUT2D eigenvalue weighted by molar-refractivity contribution is -0.694. The Morgan fingerprint density at radius 1 is 1.36 bits per heavy atom. The molecule has 1 aromatic carbocycles. The predicted molar refractivity (Wildman–Crippen MR) is 80.6 cm³/mol. The van der Waals surface area contributed by atoms with Crippen molar-refractivity contribution in [1.29, 1.82) is 5.26 Å². The first-order valence-corrected chi connectivity index (χ1v) is 6.98. The second-order valence-corrected chi connectivity index (χ2v) is 4.77. The summed E-state index contributed by atoms with van der Waals surface area (Å²) in [7, 11) is 0. The molecule has 7 nitrogen and oxygen atoms in total. The third kappa shape index (κ3) is 2.54. The molecule has 22 heavy (non-hydrogen) atoms. The van der Waals surface area contributed by atoms with Crippen molar-refractivity contribution in [3.63, 3.8) is 0 Å². The van der Waals surface area contributed by atoms with Gasteiger partial charge in [-0.15, -0.1) is 4.58 Å². The maximum atomic E-state index is 9.26. The number of nitrogens with zero attached hydrogens (tertiary/aromatic N) is 7. The van der Waals surface area contributed by atoms with Gasteiger partial charge in [0.05, 0.1) is 22.9 Å². The average molecular weight is 294 g/mol. The standard InChI is InChI=1S/C15H16N7/c1-3-19-9-17-21(11-19)14-5-13(8-16)6-15(7-14)22-12-20(4-2)10-18-22/h3,5-7,9-12H,4H2,1-2H3/q+3. The van der Waals surface area contributed by atoms with E-state index in [4.69, 9.17) is 0 Å². The van der Waals surface area contributed by atoms with E-state index in [1.807, 2.05) is 47.9 Å². The summed E-state index contributed by atoms with van der Waals surface area (Å²) in [6.07, 6.45) is 9.10. The number of hydrazone groups is 1. The zero-order chi connectivity index (χ0) is 15.5. The smallest absolute Gasteiger partial charge is 0.237 e. The lowest BCUT2D eigenvalue weighted by Gasteiger charge is -1.96. The van der Waals surface area contributed by atoms with E-state index in [0.29, 0.717) is 5.56 Å². The van der Waals surface area contributed by atoms with E-state index >= 15 is 0 Å². The molecule has 1 aromatic heterocycles. The normalized spacial score (nSPS) is 15.1. The minimum Gasteiger partial charge on any atom is -0.237 e. The van der Waals surface area contributed by atoms with E-state index in [1.54, 1.807) is 34.2 Å². The van der Waals surface area contributed by atoms with Gasteiger partial charge >= 0.3 is 12.7 Å². The molecule has 0 aliphatic carbocycles. The van der Waals surface area contributed by atoms with E-state index in [0.717, 1.165) is 17.9 Å². The molecule has 0 bridgehead atoms. The summed E-state index contributed by atoms with van der Waals surface area (Å²) < 4.78 is 7.28. The lowest BCUT2D eigenvalue weighted by atomic mass is 10.2. The molecule has 0 amide bonds. The maximum Gasteiger partial charge on any atom is 0.416 e. The van der Waals surface area contributed by atoms with Crippen molar-refractivity contribution in [3.05, 3.63) is 36.4 Å². The van der Waals surface area contributed by atoms with Crippen LogP contribution in [-0.4, -0.2) is 37.9 Å². The molecule has 1 aliphatic heterocycles. The van der Waals surface area contributed by atoms with Crippen LogP contribution in [0.3, 0.4) is 0 Å². The van der Waals surface area contributed by atoms with Gasteiger partial charge < -0.3 is 0 Å². The van der Waals surface area contributed by atoms with Crippen molar-refractivity contribution in [2.75, 3.05) is 0 Å². The van der Waals surface area contributed by atoms with Crippen LogP contribution >= 0.6 is 0 Å². The molecular formula is C15H16N7+3. The molecular weight excluding hydrogens is 278 g/mol. The summed E-state index contributed by atoms with van der Waals surface area (Å²) >= 11 is 0. The summed E-state index contributed by atoms with van der Waals surface area (Å²) in [5, 5.41) is 17.9. The highest BCUT2D eigenvalue weighted by Gasteiger charge is 2.24. The minimum atomic E-state index is 0.563. The Kier molecular flexibility index (Phi) is 3.58. The van der Waals surface area contributed by atoms with Crippen LogP contribution in [0.15, 0.2) is 36.0 Å². The highest BCUT2D eigenvalue weighted by Crippen LogP contribution is 2.20. The highest BCUT2D eigenvalue weighted by molar-refractivity contribution is 5.69. The van der Waals surface area contributed by atoms with E-state index in [2.05, 4.69) is 16.3 Å². The third-order valence-corrected chi connectivity index (χ3v) is 3.36. The fraction of sp³-hybridized carbons (Fsp3) is 0.200. The van der Waals surface area contributed by atoms with Crippen molar-refractivity contribution in [2.45, 2.75) is 20.4 Å². The summed E-state index contributed by atoms with van der Waals surface area (Å²) in [6.45, 7) is 4.82. The molecule has 0 atom stereocenters. The largest absolute Gasteiger partial charge is 0.416 e. The molecule has 2 heterocycles. The fourth-order valence-electron chi connectivity index (χ4n) is 2.11. The van der Waals surface area contributed by atoms with Crippen molar-refractivity contribution < 1.29 is 13.8 Å². The van der Waals surface area contributed by atoms with Gasteiger partial charge in [0, 0.05) is 17.2 Å². The molecule has 0 saturated heterocycles. The predicted octanol–water partition coefficient (Wildman–Crippen LogP) is 0.784. The van der Waals surface area contributed by atoms with Gasteiger partial charge in [0.15, 0.2) is 0 Å². The van der Waals surface area contributed by atoms with E-state index in [9.17, 15) is 5.26 Å². The van der Waals surface area contributed by atoms with Crippen molar-refractivity contribution >= 4 is 24.6 Å². The molecule has 1 aliphatic rings. The molecule has 108 valence electrons. The molecule has 0 fully saturated rings. The molecule has 2 aromatic rings. The maximum absolute atomic E-state index is 9.26. The Balaban J connectivity index is 2.08. The number of aryl methyl sites for hydroxylation is 1. The Bertz CT molecular complexity index is 849. The molecule has 0 radical (unpaired) electrons. The topological polar surface area (TPSA) is 63.9 Å². The van der Waals surface area contributed by atoms with Crippen molar-refractivity contribution in [3.8, 4) is 11.8 Å². The molecule has 7 heteroatoms. The molecule has 0 spiro atoms. The van der Waals surface area contributed by atoms with Crippen LogP contribution in [0.1, 0.15) is 19.4 Å². The second-order valence-electron chi connectivity index (χ2n) is 4.77. The third-order valence-electron chi connectivity index (χ3n) is 3.36. The second kappa shape index (κ2) is 5.69. The summed E-state index contributed by atoms with van der Waals surface area (Å²) in [4.78, 5) is 0. The summed E-state index contributed by atoms with van der Waals surface area (Å²) in [5.74, 6) is 0. The highest BCUT2D eigenvalue weighted by atomic mass is 15.5. The lowest BCUT2D eigenvalue weighted by Crippen LogP contribution is -2.28. The van der Waals surface area contributed by atoms with Gasteiger partial charge in [0.2, 0.25) is 17.1 Å². The van der Waals surface area contributed by atoms with Gasteiger partial charge in [-0.05, 0) is 19.9 Å². The van der Waals surface area contributed by atoms with Crippen LogP contribution in [-0.2, 0) is 6.54 Å². The van der Waals surface area contributed by atoms with E-state index < -0.39 is 0 Å². The summed E-state index contributed by atoms with van der Waals surface area (Å²) in [6, 6.07) is 7.74. The van der Waals surface area contributed by atoms with Gasteiger partial charge in [-0.1, -0.05) is 4.68 Å². The SMILES string of the molecule is CC=[N+]1C=N[N+](c2cc(C#N)cc(-n3c[n+](CC)cn3)c2)=C1. The number of nitriles is 1. The van der Waals surface area contributed by atoms with Crippen LogP contribution in [0.4, 0.5) is 5.69 Å². The summed E-state index contributed by atoms with van der Waals surface area (Å²) in [5.41, 5.74) is 2.20. The molecule has 0 N–H and O–H groups in total. The van der Waals surface area contributed by atoms with Gasteiger partial charge in [0.1, 0.15) is 11.9 Å².